The maximum atomic E-state index is 5.91. The lowest BCUT2D eigenvalue weighted by Gasteiger charge is -2.20. The number of benzene rings is 1. The minimum Gasteiger partial charge on any atom is -0.493 e. The van der Waals surface area contributed by atoms with E-state index in [1.807, 2.05) is 0 Å². The molecule has 1 N–H and O–H groups in total. The van der Waals surface area contributed by atoms with E-state index in [9.17, 15) is 0 Å². The second-order valence-corrected chi connectivity index (χ2v) is 7.25. The van der Waals surface area contributed by atoms with E-state index in [-0.39, 0.29) is 5.41 Å². The molecule has 1 aromatic rings. The van der Waals surface area contributed by atoms with Crippen molar-refractivity contribution in [3.05, 3.63) is 29.3 Å². The normalized spacial score (nSPS) is 12.0. The van der Waals surface area contributed by atoms with Gasteiger partial charge in [-0.25, -0.2) is 0 Å². The molecular weight excluding hydrogens is 258 g/mol. The third-order valence-electron chi connectivity index (χ3n) is 3.67. The lowest BCUT2D eigenvalue weighted by molar-refractivity contribution is 0.302. The summed E-state index contributed by atoms with van der Waals surface area (Å²) in [5.41, 5.74) is 2.81. The zero-order valence-electron chi connectivity index (χ0n) is 14.8. The van der Waals surface area contributed by atoms with Gasteiger partial charge in [0.05, 0.1) is 6.61 Å². The highest BCUT2D eigenvalue weighted by atomic mass is 16.5. The fourth-order valence-electron chi connectivity index (χ4n) is 2.25. The smallest absolute Gasteiger partial charge is 0.122 e. The van der Waals surface area contributed by atoms with E-state index in [1.54, 1.807) is 0 Å². The third kappa shape index (κ3) is 6.99. The largest absolute Gasteiger partial charge is 0.493 e. The Hall–Kier alpha value is -1.02. The van der Waals surface area contributed by atoms with E-state index in [0.29, 0.717) is 6.04 Å². The Morgan fingerprint density at radius 1 is 1.10 bits per heavy atom. The molecule has 0 radical (unpaired) electrons. The fourth-order valence-corrected chi connectivity index (χ4v) is 2.25. The topological polar surface area (TPSA) is 21.3 Å². The van der Waals surface area contributed by atoms with Crippen LogP contribution >= 0.6 is 0 Å². The van der Waals surface area contributed by atoms with Crippen molar-refractivity contribution in [2.75, 3.05) is 13.2 Å². The number of ether oxygens (including phenoxy) is 1. The molecule has 0 unspecified atom stereocenters. The summed E-state index contributed by atoms with van der Waals surface area (Å²) < 4.78 is 5.91. The summed E-state index contributed by atoms with van der Waals surface area (Å²) in [6.07, 6.45) is 3.57. The van der Waals surface area contributed by atoms with Crippen LogP contribution in [0.3, 0.4) is 0 Å². The van der Waals surface area contributed by atoms with Gasteiger partial charge in [-0.15, -0.1) is 0 Å². The molecule has 2 nitrogen and oxygen atoms in total. The highest BCUT2D eigenvalue weighted by Crippen LogP contribution is 2.27. The molecule has 0 aliphatic carbocycles. The molecule has 0 saturated heterocycles. The van der Waals surface area contributed by atoms with Crippen LogP contribution in [0.15, 0.2) is 18.2 Å². The van der Waals surface area contributed by atoms with Crippen molar-refractivity contribution < 1.29 is 4.74 Å². The average Bonchev–Trinajstić information content (AvgIpc) is 2.37. The maximum Gasteiger partial charge on any atom is 0.122 e. The van der Waals surface area contributed by atoms with Crippen LogP contribution in [0.5, 0.6) is 5.75 Å². The monoisotopic (exact) mass is 291 g/mol. The molecule has 21 heavy (non-hydrogen) atoms. The molecular formula is C19H33NO. The number of hydrogen-bond acceptors (Lipinski definition) is 2. The van der Waals surface area contributed by atoms with Gasteiger partial charge >= 0.3 is 0 Å². The van der Waals surface area contributed by atoms with Gasteiger partial charge in [-0.1, -0.05) is 46.8 Å². The van der Waals surface area contributed by atoms with Crippen LogP contribution in [-0.2, 0) is 5.41 Å². The van der Waals surface area contributed by atoms with Crippen LogP contribution in [0.2, 0.25) is 0 Å². The summed E-state index contributed by atoms with van der Waals surface area (Å²) in [5.74, 6) is 1.03. The van der Waals surface area contributed by atoms with Gasteiger partial charge in [0.1, 0.15) is 5.75 Å². The Bertz CT molecular complexity index is 418. The molecule has 0 aliphatic heterocycles. The lowest BCUT2D eigenvalue weighted by Crippen LogP contribution is -2.23. The molecule has 0 aliphatic rings. The van der Waals surface area contributed by atoms with Crippen LogP contribution in [0, 0.1) is 6.92 Å². The average molecular weight is 291 g/mol. The molecule has 0 heterocycles. The van der Waals surface area contributed by atoms with Gasteiger partial charge in [0, 0.05) is 6.04 Å². The molecule has 120 valence electrons. The van der Waals surface area contributed by atoms with Gasteiger partial charge in [-0.2, -0.15) is 0 Å². The minimum atomic E-state index is 0.201. The van der Waals surface area contributed by atoms with E-state index in [0.717, 1.165) is 25.3 Å². The van der Waals surface area contributed by atoms with Crippen molar-refractivity contribution in [2.24, 2.45) is 0 Å². The molecule has 2 heteroatoms. The van der Waals surface area contributed by atoms with E-state index in [4.69, 9.17) is 4.74 Å². The Balaban J connectivity index is 2.30. The molecule has 1 aromatic carbocycles. The molecule has 0 atom stereocenters. The van der Waals surface area contributed by atoms with Crippen molar-refractivity contribution in [1.29, 1.82) is 0 Å². The van der Waals surface area contributed by atoms with Crippen molar-refractivity contribution in [3.63, 3.8) is 0 Å². The maximum absolute atomic E-state index is 5.91. The number of hydrogen-bond donors (Lipinski definition) is 1. The van der Waals surface area contributed by atoms with E-state index in [2.05, 4.69) is 65.1 Å². The first kappa shape index (κ1) is 18.0. The van der Waals surface area contributed by atoms with Gasteiger partial charge in [-0.3, -0.25) is 0 Å². The van der Waals surface area contributed by atoms with E-state index >= 15 is 0 Å². The Morgan fingerprint density at radius 3 is 2.38 bits per heavy atom. The quantitative estimate of drug-likeness (QED) is 0.692. The van der Waals surface area contributed by atoms with E-state index in [1.165, 1.54) is 24.0 Å². The number of unbranched alkanes of at least 4 members (excludes halogenated alkanes) is 2. The molecule has 0 aromatic heterocycles. The number of rotatable bonds is 8. The highest BCUT2D eigenvalue weighted by molar-refractivity contribution is 5.38. The Labute approximate surface area is 131 Å². The van der Waals surface area contributed by atoms with Gasteiger partial charge in [0.15, 0.2) is 0 Å². The zero-order valence-corrected chi connectivity index (χ0v) is 14.8. The first-order chi connectivity index (χ1) is 9.80. The summed E-state index contributed by atoms with van der Waals surface area (Å²) in [7, 11) is 0. The molecule has 1 rings (SSSR count). The SMILES string of the molecule is Cc1cc(C(C)(C)C)ccc1OCCCCCNC(C)C. The van der Waals surface area contributed by atoms with Crippen LogP contribution < -0.4 is 10.1 Å². The van der Waals surface area contributed by atoms with E-state index < -0.39 is 0 Å². The second-order valence-electron chi connectivity index (χ2n) is 7.25. The standard InChI is InChI=1S/C19H33NO/c1-15(2)20-12-8-7-9-13-21-18-11-10-17(14-16(18)3)19(4,5)6/h10-11,14-15,20H,7-9,12-13H2,1-6H3. The summed E-state index contributed by atoms with van der Waals surface area (Å²) >= 11 is 0. The van der Waals surface area contributed by atoms with Crippen molar-refractivity contribution in [2.45, 2.75) is 72.3 Å². The minimum absolute atomic E-state index is 0.201. The Kier molecular flexibility index (Phi) is 7.24. The van der Waals surface area contributed by atoms with Crippen LogP contribution in [-0.4, -0.2) is 19.2 Å². The molecule has 0 fully saturated rings. The first-order valence-corrected chi connectivity index (χ1v) is 8.28. The lowest BCUT2D eigenvalue weighted by atomic mass is 9.86. The molecule has 0 spiro atoms. The second kappa shape index (κ2) is 8.43. The Morgan fingerprint density at radius 2 is 1.81 bits per heavy atom. The first-order valence-electron chi connectivity index (χ1n) is 8.28. The number of aryl methyl sites for hydroxylation is 1. The van der Waals surface area contributed by atoms with Crippen molar-refractivity contribution >= 4 is 0 Å². The van der Waals surface area contributed by atoms with Crippen molar-refractivity contribution in [3.8, 4) is 5.75 Å². The van der Waals surface area contributed by atoms with Crippen LogP contribution in [0.1, 0.15) is 65.0 Å². The predicted molar refractivity (Wildman–Crippen MR) is 92.4 cm³/mol. The zero-order chi connectivity index (χ0) is 15.9. The highest BCUT2D eigenvalue weighted by Gasteiger charge is 2.14. The fraction of sp³-hybridized carbons (Fsp3) is 0.684. The summed E-state index contributed by atoms with van der Waals surface area (Å²) in [5, 5.41) is 3.44. The van der Waals surface area contributed by atoms with Crippen LogP contribution in [0.25, 0.3) is 0 Å². The molecule has 0 amide bonds. The number of nitrogens with one attached hydrogen (secondary N) is 1. The summed E-state index contributed by atoms with van der Waals surface area (Å²) in [6.45, 7) is 15.2. The summed E-state index contributed by atoms with van der Waals surface area (Å²) in [4.78, 5) is 0. The van der Waals surface area contributed by atoms with Gasteiger partial charge in [-0.05, 0) is 55.3 Å². The van der Waals surface area contributed by atoms with Crippen molar-refractivity contribution in [1.82, 2.24) is 5.32 Å². The third-order valence-corrected chi connectivity index (χ3v) is 3.67. The van der Waals surface area contributed by atoms with Gasteiger partial charge in [0.25, 0.3) is 0 Å². The van der Waals surface area contributed by atoms with Crippen LogP contribution in [0.4, 0.5) is 0 Å². The molecule has 0 saturated carbocycles. The van der Waals surface area contributed by atoms with Gasteiger partial charge in [0.2, 0.25) is 0 Å². The van der Waals surface area contributed by atoms with Gasteiger partial charge < -0.3 is 10.1 Å². The summed E-state index contributed by atoms with van der Waals surface area (Å²) in [6, 6.07) is 7.15. The predicted octanol–water partition coefficient (Wildman–Crippen LogP) is 4.84. The molecule has 0 bridgehead atoms.